The second-order valence-electron chi connectivity index (χ2n) is 4.33. The zero-order valence-electron chi connectivity index (χ0n) is 10.9. The van der Waals surface area contributed by atoms with Gasteiger partial charge in [-0.15, -0.1) is 11.3 Å². The van der Waals surface area contributed by atoms with E-state index in [1.165, 1.54) is 11.3 Å². The van der Waals surface area contributed by atoms with E-state index in [0.29, 0.717) is 11.4 Å². The van der Waals surface area contributed by atoms with Gasteiger partial charge in [0.25, 0.3) is 5.91 Å². The van der Waals surface area contributed by atoms with Crippen LogP contribution in [0.25, 0.3) is 0 Å². The molecule has 1 heterocycles. The van der Waals surface area contributed by atoms with Crippen molar-refractivity contribution in [2.24, 2.45) is 0 Å². The predicted octanol–water partition coefficient (Wildman–Crippen LogP) is 2.87. The number of carbonyl (C=O) groups excluding carboxylic acids is 1. The maximum absolute atomic E-state index is 12.4. The zero-order chi connectivity index (χ0) is 14.4. The van der Waals surface area contributed by atoms with Crippen LogP contribution in [0.3, 0.4) is 0 Å². The number of thiophene rings is 1. The van der Waals surface area contributed by atoms with Gasteiger partial charge < -0.3 is 10.0 Å². The number of aliphatic carboxylic acids is 1. The molecule has 1 aromatic heterocycles. The highest BCUT2D eigenvalue weighted by molar-refractivity contribution is 7.12. The first-order valence-electron chi connectivity index (χ1n) is 6.25. The minimum Gasteiger partial charge on any atom is -0.481 e. The molecule has 0 aliphatic carbocycles. The zero-order valence-corrected chi connectivity index (χ0v) is 11.7. The highest BCUT2D eigenvalue weighted by Gasteiger charge is 2.17. The average molecular weight is 289 g/mol. The number of carboxylic acid groups (broad SMARTS) is 1. The van der Waals surface area contributed by atoms with Crippen LogP contribution in [0.5, 0.6) is 0 Å². The van der Waals surface area contributed by atoms with Crippen LogP contribution in [-0.2, 0) is 11.3 Å². The summed E-state index contributed by atoms with van der Waals surface area (Å²) in [5.74, 6) is -1.02. The Morgan fingerprint density at radius 1 is 1.10 bits per heavy atom. The Hall–Kier alpha value is -2.14. The van der Waals surface area contributed by atoms with Crippen LogP contribution < -0.4 is 0 Å². The van der Waals surface area contributed by atoms with Crippen molar-refractivity contribution >= 4 is 23.2 Å². The van der Waals surface area contributed by atoms with E-state index >= 15 is 0 Å². The lowest BCUT2D eigenvalue weighted by Crippen LogP contribution is -2.32. The van der Waals surface area contributed by atoms with Crippen LogP contribution in [0.15, 0.2) is 47.8 Å². The molecule has 0 radical (unpaired) electrons. The molecule has 2 aromatic rings. The molecule has 1 aromatic carbocycles. The normalized spacial score (nSPS) is 10.2. The standard InChI is InChI=1S/C15H15NO3S/c17-14(18)8-9-16(11-12-5-2-1-3-6-12)15(19)13-7-4-10-20-13/h1-7,10H,8-9,11H2,(H,17,18). The smallest absolute Gasteiger partial charge is 0.305 e. The third-order valence-corrected chi connectivity index (χ3v) is 3.69. The first-order valence-corrected chi connectivity index (χ1v) is 7.13. The van der Waals surface area contributed by atoms with E-state index in [2.05, 4.69) is 0 Å². The Labute approximate surface area is 121 Å². The Morgan fingerprint density at radius 3 is 2.45 bits per heavy atom. The van der Waals surface area contributed by atoms with Crippen molar-refractivity contribution in [3.8, 4) is 0 Å². The Morgan fingerprint density at radius 2 is 1.85 bits per heavy atom. The monoisotopic (exact) mass is 289 g/mol. The quantitative estimate of drug-likeness (QED) is 0.889. The average Bonchev–Trinajstić information content (AvgIpc) is 2.97. The molecule has 20 heavy (non-hydrogen) atoms. The fourth-order valence-electron chi connectivity index (χ4n) is 1.84. The lowest BCUT2D eigenvalue weighted by atomic mass is 10.2. The van der Waals surface area contributed by atoms with Crippen LogP contribution >= 0.6 is 11.3 Å². The molecule has 0 unspecified atom stereocenters. The van der Waals surface area contributed by atoms with Crippen LogP contribution in [-0.4, -0.2) is 28.4 Å². The fraction of sp³-hybridized carbons (Fsp3) is 0.200. The summed E-state index contributed by atoms with van der Waals surface area (Å²) in [6, 6.07) is 13.1. The molecule has 0 saturated heterocycles. The van der Waals surface area contributed by atoms with Crippen molar-refractivity contribution in [2.75, 3.05) is 6.54 Å². The van der Waals surface area contributed by atoms with E-state index in [0.717, 1.165) is 5.56 Å². The number of nitrogens with zero attached hydrogens (tertiary/aromatic N) is 1. The van der Waals surface area contributed by atoms with Crippen molar-refractivity contribution in [1.82, 2.24) is 4.90 Å². The summed E-state index contributed by atoms with van der Waals surface area (Å²) in [7, 11) is 0. The molecule has 0 saturated carbocycles. The van der Waals surface area contributed by atoms with Crippen molar-refractivity contribution < 1.29 is 14.7 Å². The molecule has 5 heteroatoms. The van der Waals surface area contributed by atoms with Crippen LogP contribution in [0.4, 0.5) is 0 Å². The number of amides is 1. The number of carboxylic acids is 1. The van der Waals surface area contributed by atoms with Gasteiger partial charge in [-0.3, -0.25) is 9.59 Å². The Kier molecular flexibility index (Phi) is 4.90. The molecule has 0 bridgehead atoms. The van der Waals surface area contributed by atoms with E-state index in [4.69, 9.17) is 5.11 Å². The molecular weight excluding hydrogens is 274 g/mol. The molecular formula is C15H15NO3S. The second-order valence-corrected chi connectivity index (χ2v) is 5.28. The molecule has 1 N–H and O–H groups in total. The molecule has 1 amide bonds. The van der Waals surface area contributed by atoms with E-state index < -0.39 is 5.97 Å². The van der Waals surface area contributed by atoms with Gasteiger partial charge >= 0.3 is 5.97 Å². The highest BCUT2D eigenvalue weighted by atomic mass is 32.1. The molecule has 4 nitrogen and oxygen atoms in total. The number of carbonyl (C=O) groups is 2. The van der Waals surface area contributed by atoms with Crippen LogP contribution in [0.2, 0.25) is 0 Å². The molecule has 104 valence electrons. The number of benzene rings is 1. The number of hydrogen-bond donors (Lipinski definition) is 1. The van der Waals surface area contributed by atoms with E-state index in [1.807, 2.05) is 41.8 Å². The summed E-state index contributed by atoms with van der Waals surface area (Å²) in [5.41, 5.74) is 0.989. The summed E-state index contributed by atoms with van der Waals surface area (Å²) in [4.78, 5) is 25.3. The third-order valence-electron chi connectivity index (χ3n) is 2.83. The molecule has 0 spiro atoms. The largest absolute Gasteiger partial charge is 0.481 e. The van der Waals surface area contributed by atoms with Gasteiger partial charge in [-0.25, -0.2) is 0 Å². The van der Waals surface area contributed by atoms with Crippen LogP contribution in [0, 0.1) is 0 Å². The number of hydrogen-bond acceptors (Lipinski definition) is 3. The summed E-state index contributed by atoms with van der Waals surface area (Å²) in [6.07, 6.45) is -0.0516. The third kappa shape index (κ3) is 3.93. The first kappa shape index (κ1) is 14.3. The highest BCUT2D eigenvalue weighted by Crippen LogP contribution is 2.15. The Balaban J connectivity index is 2.12. The topological polar surface area (TPSA) is 57.6 Å². The molecule has 0 atom stereocenters. The van der Waals surface area contributed by atoms with Crippen molar-refractivity contribution in [1.29, 1.82) is 0 Å². The summed E-state index contributed by atoms with van der Waals surface area (Å²) in [6.45, 7) is 0.631. The van der Waals surface area contributed by atoms with Crippen molar-refractivity contribution in [3.63, 3.8) is 0 Å². The minimum atomic E-state index is -0.901. The van der Waals surface area contributed by atoms with E-state index in [1.54, 1.807) is 11.0 Å². The van der Waals surface area contributed by atoms with Gasteiger partial charge in [0.2, 0.25) is 0 Å². The lowest BCUT2D eigenvalue weighted by molar-refractivity contribution is -0.137. The van der Waals surface area contributed by atoms with Gasteiger partial charge in [-0.05, 0) is 17.0 Å². The molecule has 0 fully saturated rings. The first-order chi connectivity index (χ1) is 9.66. The Bertz CT molecular complexity index is 566. The van der Waals surface area contributed by atoms with Crippen molar-refractivity contribution in [3.05, 3.63) is 58.3 Å². The van der Waals surface area contributed by atoms with Gasteiger partial charge in [-0.2, -0.15) is 0 Å². The summed E-state index contributed by atoms with van der Waals surface area (Å²) in [5, 5.41) is 10.6. The minimum absolute atomic E-state index is 0.0516. The SMILES string of the molecule is O=C(O)CCN(Cc1ccccc1)C(=O)c1cccs1. The van der Waals surface area contributed by atoms with Gasteiger partial charge in [-0.1, -0.05) is 36.4 Å². The van der Waals surface area contributed by atoms with Gasteiger partial charge in [0.15, 0.2) is 0 Å². The maximum Gasteiger partial charge on any atom is 0.305 e. The fourth-order valence-corrected chi connectivity index (χ4v) is 2.53. The van der Waals surface area contributed by atoms with Gasteiger partial charge in [0.05, 0.1) is 11.3 Å². The number of rotatable bonds is 6. The second kappa shape index (κ2) is 6.86. The summed E-state index contributed by atoms with van der Waals surface area (Å²) >= 11 is 1.37. The predicted molar refractivity (Wildman–Crippen MR) is 77.8 cm³/mol. The summed E-state index contributed by atoms with van der Waals surface area (Å²) < 4.78 is 0. The molecule has 0 aliphatic heterocycles. The lowest BCUT2D eigenvalue weighted by Gasteiger charge is -2.21. The molecule has 0 aliphatic rings. The molecule has 2 rings (SSSR count). The van der Waals surface area contributed by atoms with E-state index in [9.17, 15) is 9.59 Å². The van der Waals surface area contributed by atoms with E-state index in [-0.39, 0.29) is 18.9 Å². The van der Waals surface area contributed by atoms with Gasteiger partial charge in [0.1, 0.15) is 0 Å². The van der Waals surface area contributed by atoms with Crippen molar-refractivity contribution in [2.45, 2.75) is 13.0 Å². The maximum atomic E-state index is 12.4. The van der Waals surface area contributed by atoms with Crippen LogP contribution in [0.1, 0.15) is 21.7 Å². The van der Waals surface area contributed by atoms with Gasteiger partial charge in [0, 0.05) is 13.1 Å².